The monoisotopic (exact) mass is 291 g/mol. The maximum absolute atomic E-state index is 6.47. The zero-order valence-corrected chi connectivity index (χ0v) is 13.2. The second-order valence-corrected chi connectivity index (χ2v) is 7.07. The summed E-state index contributed by atoms with van der Waals surface area (Å²) in [7, 11) is 0. The van der Waals surface area contributed by atoms with Crippen molar-refractivity contribution in [3.05, 3.63) is 34.9 Å². The van der Waals surface area contributed by atoms with Crippen LogP contribution in [0.4, 0.5) is 0 Å². The fourth-order valence-electron chi connectivity index (χ4n) is 3.70. The molecule has 0 amide bonds. The van der Waals surface area contributed by atoms with E-state index in [0.29, 0.717) is 5.92 Å². The summed E-state index contributed by atoms with van der Waals surface area (Å²) >= 11 is 6.47. The Morgan fingerprint density at radius 3 is 2.65 bits per heavy atom. The molecule has 110 valence electrons. The molecule has 1 aromatic carbocycles. The number of halogens is 1. The topological polar surface area (TPSA) is 12.0 Å². The third-order valence-corrected chi connectivity index (χ3v) is 5.57. The van der Waals surface area contributed by atoms with Gasteiger partial charge in [0.1, 0.15) is 0 Å². The molecule has 0 spiro atoms. The molecule has 1 N–H and O–H groups in total. The van der Waals surface area contributed by atoms with E-state index >= 15 is 0 Å². The van der Waals surface area contributed by atoms with Gasteiger partial charge >= 0.3 is 0 Å². The highest BCUT2D eigenvalue weighted by Gasteiger charge is 2.33. The van der Waals surface area contributed by atoms with Gasteiger partial charge < -0.3 is 5.32 Å². The summed E-state index contributed by atoms with van der Waals surface area (Å²) in [5.74, 6) is 2.29. The molecule has 2 aliphatic carbocycles. The first-order valence-electron chi connectivity index (χ1n) is 8.25. The summed E-state index contributed by atoms with van der Waals surface area (Å²) in [5, 5.41) is 4.70. The zero-order valence-electron chi connectivity index (χ0n) is 12.4. The molecule has 1 nitrogen and oxygen atoms in total. The lowest BCUT2D eigenvalue weighted by Crippen LogP contribution is -2.33. The van der Waals surface area contributed by atoms with Crippen LogP contribution in [0.15, 0.2) is 24.3 Å². The Labute approximate surface area is 128 Å². The van der Waals surface area contributed by atoms with E-state index in [1.165, 1.54) is 50.6 Å². The van der Waals surface area contributed by atoms with Crippen molar-refractivity contribution in [2.75, 3.05) is 6.54 Å². The average Bonchev–Trinajstić information content (AvgIpc) is 3.30. The van der Waals surface area contributed by atoms with Crippen molar-refractivity contribution in [2.24, 2.45) is 11.8 Å². The van der Waals surface area contributed by atoms with Gasteiger partial charge in [0.05, 0.1) is 0 Å². The Morgan fingerprint density at radius 2 is 1.95 bits per heavy atom. The van der Waals surface area contributed by atoms with E-state index in [4.69, 9.17) is 11.6 Å². The van der Waals surface area contributed by atoms with Crippen LogP contribution in [0.1, 0.15) is 56.9 Å². The summed E-state index contributed by atoms with van der Waals surface area (Å²) in [6, 6.07) is 9.30. The third-order valence-electron chi connectivity index (χ3n) is 5.23. The van der Waals surface area contributed by atoms with Gasteiger partial charge in [-0.25, -0.2) is 0 Å². The van der Waals surface area contributed by atoms with E-state index in [2.05, 4.69) is 30.4 Å². The van der Waals surface area contributed by atoms with Crippen molar-refractivity contribution in [2.45, 2.75) is 57.4 Å². The molecule has 0 aromatic heterocycles. The Kier molecular flexibility index (Phi) is 4.68. The lowest BCUT2D eigenvalue weighted by molar-refractivity contribution is 0.225. The van der Waals surface area contributed by atoms with E-state index < -0.39 is 0 Å². The normalized spacial score (nSPS) is 30.4. The van der Waals surface area contributed by atoms with Crippen LogP contribution in [0.5, 0.6) is 0 Å². The first-order valence-corrected chi connectivity index (χ1v) is 8.63. The number of hydrogen-bond donors (Lipinski definition) is 1. The SMILES string of the molecule is CCC1CCC(CNC2CC2)C(c2ccccc2Cl)C1. The fraction of sp³-hybridized carbons (Fsp3) is 0.667. The number of nitrogens with one attached hydrogen (secondary N) is 1. The summed E-state index contributed by atoms with van der Waals surface area (Å²) in [4.78, 5) is 0. The van der Waals surface area contributed by atoms with Crippen molar-refractivity contribution >= 4 is 11.6 Å². The minimum atomic E-state index is 0.647. The number of hydrogen-bond acceptors (Lipinski definition) is 1. The lowest BCUT2D eigenvalue weighted by Gasteiger charge is -2.37. The van der Waals surface area contributed by atoms with E-state index in [9.17, 15) is 0 Å². The maximum atomic E-state index is 6.47. The highest BCUT2D eigenvalue weighted by atomic mass is 35.5. The van der Waals surface area contributed by atoms with Crippen LogP contribution in [0.2, 0.25) is 5.02 Å². The molecular weight excluding hydrogens is 266 g/mol. The average molecular weight is 292 g/mol. The summed E-state index contributed by atoms with van der Waals surface area (Å²) in [6.07, 6.45) is 8.13. The fourth-order valence-corrected chi connectivity index (χ4v) is 3.97. The van der Waals surface area contributed by atoms with E-state index in [-0.39, 0.29) is 0 Å². The van der Waals surface area contributed by atoms with Gasteiger partial charge in [-0.15, -0.1) is 0 Å². The summed E-state index contributed by atoms with van der Waals surface area (Å²) in [5.41, 5.74) is 1.38. The van der Waals surface area contributed by atoms with E-state index in [0.717, 1.165) is 22.9 Å². The van der Waals surface area contributed by atoms with Gasteiger partial charge in [-0.1, -0.05) is 49.6 Å². The lowest BCUT2D eigenvalue weighted by atomic mass is 9.70. The molecule has 0 radical (unpaired) electrons. The molecule has 0 heterocycles. The quantitative estimate of drug-likeness (QED) is 0.805. The molecule has 2 aliphatic rings. The Morgan fingerprint density at radius 1 is 1.15 bits per heavy atom. The first-order chi connectivity index (χ1) is 9.78. The molecule has 3 atom stereocenters. The van der Waals surface area contributed by atoms with Crippen molar-refractivity contribution < 1.29 is 0 Å². The van der Waals surface area contributed by atoms with Crippen LogP contribution in [0.25, 0.3) is 0 Å². The molecular formula is C18H26ClN. The van der Waals surface area contributed by atoms with Crippen molar-refractivity contribution in [3.8, 4) is 0 Å². The van der Waals surface area contributed by atoms with Gasteiger partial charge in [0.25, 0.3) is 0 Å². The van der Waals surface area contributed by atoms with Gasteiger partial charge in [0, 0.05) is 11.1 Å². The van der Waals surface area contributed by atoms with E-state index in [1.807, 2.05) is 6.07 Å². The minimum absolute atomic E-state index is 0.647. The molecule has 0 bridgehead atoms. The van der Waals surface area contributed by atoms with Gasteiger partial charge in [0.2, 0.25) is 0 Å². The van der Waals surface area contributed by atoms with Gasteiger partial charge in [-0.3, -0.25) is 0 Å². The second-order valence-electron chi connectivity index (χ2n) is 6.66. The molecule has 0 aliphatic heterocycles. The first kappa shape index (κ1) is 14.4. The molecule has 3 rings (SSSR count). The molecule has 3 unspecified atom stereocenters. The molecule has 2 saturated carbocycles. The largest absolute Gasteiger partial charge is 0.314 e. The van der Waals surface area contributed by atoms with Crippen LogP contribution in [-0.4, -0.2) is 12.6 Å². The predicted octanol–water partition coefficient (Wildman–Crippen LogP) is 5.00. The van der Waals surface area contributed by atoms with Gasteiger partial charge in [-0.05, 0) is 61.6 Å². The second kappa shape index (κ2) is 6.49. The van der Waals surface area contributed by atoms with Crippen molar-refractivity contribution in [1.82, 2.24) is 5.32 Å². The molecule has 2 heteroatoms. The summed E-state index contributed by atoms with van der Waals surface area (Å²) < 4.78 is 0. The number of rotatable bonds is 5. The highest BCUT2D eigenvalue weighted by molar-refractivity contribution is 6.31. The zero-order chi connectivity index (χ0) is 13.9. The van der Waals surface area contributed by atoms with E-state index in [1.54, 1.807) is 0 Å². The summed E-state index contributed by atoms with van der Waals surface area (Å²) in [6.45, 7) is 3.51. The van der Waals surface area contributed by atoms with Crippen LogP contribution in [-0.2, 0) is 0 Å². The van der Waals surface area contributed by atoms with Crippen LogP contribution < -0.4 is 5.32 Å². The van der Waals surface area contributed by atoms with Crippen LogP contribution in [0.3, 0.4) is 0 Å². The third kappa shape index (κ3) is 3.38. The Balaban J connectivity index is 1.74. The molecule has 2 fully saturated rings. The predicted molar refractivity (Wildman–Crippen MR) is 86.3 cm³/mol. The van der Waals surface area contributed by atoms with Crippen molar-refractivity contribution in [3.63, 3.8) is 0 Å². The van der Waals surface area contributed by atoms with Gasteiger partial charge in [0.15, 0.2) is 0 Å². The smallest absolute Gasteiger partial charge is 0.0440 e. The molecule has 0 saturated heterocycles. The Bertz CT molecular complexity index is 441. The van der Waals surface area contributed by atoms with Gasteiger partial charge in [-0.2, -0.15) is 0 Å². The minimum Gasteiger partial charge on any atom is -0.314 e. The number of benzene rings is 1. The van der Waals surface area contributed by atoms with Crippen LogP contribution in [0, 0.1) is 11.8 Å². The van der Waals surface area contributed by atoms with Crippen molar-refractivity contribution in [1.29, 1.82) is 0 Å². The van der Waals surface area contributed by atoms with Crippen LogP contribution >= 0.6 is 11.6 Å². The molecule has 1 aromatic rings. The standard InChI is InChI=1S/C18H26ClN/c1-2-13-7-8-14(12-20-15-9-10-15)17(11-13)16-5-3-4-6-18(16)19/h3-6,13-15,17,20H,2,7-12H2,1H3. The maximum Gasteiger partial charge on any atom is 0.0440 e. The Hall–Kier alpha value is -0.530. The molecule has 20 heavy (non-hydrogen) atoms. The highest BCUT2D eigenvalue weighted by Crippen LogP contribution is 2.43.